The Bertz CT molecular complexity index is 937. The van der Waals surface area contributed by atoms with Gasteiger partial charge in [-0.3, -0.25) is 4.79 Å². The summed E-state index contributed by atoms with van der Waals surface area (Å²) in [6.45, 7) is 5.47. The van der Waals surface area contributed by atoms with Crippen LogP contribution in [0.5, 0.6) is 0 Å². The van der Waals surface area contributed by atoms with Crippen LogP contribution in [-0.2, 0) is 11.2 Å². The lowest BCUT2D eigenvalue weighted by Gasteiger charge is -2.32. The molecule has 4 heterocycles. The van der Waals surface area contributed by atoms with E-state index in [9.17, 15) is 4.79 Å². The number of ether oxygens (including phenoxy) is 1. The molecular formula is C19H21N5O3S. The molecule has 8 nitrogen and oxygen atoms in total. The first-order valence-corrected chi connectivity index (χ1v) is 10.1. The van der Waals surface area contributed by atoms with Crippen molar-refractivity contribution in [1.29, 1.82) is 0 Å². The molecule has 1 aliphatic heterocycles. The zero-order valence-electron chi connectivity index (χ0n) is 15.8. The van der Waals surface area contributed by atoms with Crippen molar-refractivity contribution in [3.8, 4) is 11.3 Å². The quantitative estimate of drug-likeness (QED) is 0.651. The number of aryl methyl sites for hydroxylation is 3. The average Bonchev–Trinajstić information content (AvgIpc) is 3.36. The zero-order valence-corrected chi connectivity index (χ0v) is 16.6. The van der Waals surface area contributed by atoms with E-state index >= 15 is 0 Å². The summed E-state index contributed by atoms with van der Waals surface area (Å²) in [6.07, 6.45) is 3.06. The van der Waals surface area contributed by atoms with E-state index < -0.39 is 0 Å². The summed E-state index contributed by atoms with van der Waals surface area (Å²) in [5, 5.41) is 5.77. The van der Waals surface area contributed by atoms with Crippen molar-refractivity contribution < 1.29 is 14.1 Å². The van der Waals surface area contributed by atoms with Gasteiger partial charge in [-0.05, 0) is 32.8 Å². The third kappa shape index (κ3) is 3.95. The van der Waals surface area contributed by atoms with E-state index in [4.69, 9.17) is 9.26 Å². The molecule has 1 fully saturated rings. The molecule has 4 rings (SSSR count). The number of rotatable bonds is 5. The van der Waals surface area contributed by atoms with Gasteiger partial charge >= 0.3 is 0 Å². The number of carbonyl (C=O) groups is 1. The Balaban J connectivity index is 1.39. The summed E-state index contributed by atoms with van der Waals surface area (Å²) in [7, 11) is 0. The number of amides is 1. The van der Waals surface area contributed by atoms with E-state index in [1.807, 2.05) is 24.8 Å². The van der Waals surface area contributed by atoms with E-state index in [1.165, 1.54) is 11.3 Å². The molecule has 9 heteroatoms. The number of nitrogens with zero attached hydrogens (tertiary/aromatic N) is 5. The van der Waals surface area contributed by atoms with Crippen molar-refractivity contribution in [1.82, 2.24) is 25.0 Å². The number of carbonyl (C=O) groups excluding carboxylic acids is 1. The third-order valence-corrected chi connectivity index (χ3v) is 5.40. The highest BCUT2D eigenvalue weighted by Gasteiger charge is 2.26. The van der Waals surface area contributed by atoms with Gasteiger partial charge in [-0.1, -0.05) is 5.16 Å². The number of thiazole rings is 1. The third-order valence-electron chi connectivity index (χ3n) is 4.81. The van der Waals surface area contributed by atoms with Crippen molar-refractivity contribution in [3.05, 3.63) is 46.1 Å². The molecule has 0 radical (unpaired) electrons. The lowest BCUT2D eigenvalue weighted by Crippen LogP contribution is -2.45. The standard InChI is InChI=1S/C19H21N5O3S/c1-12-18(13(2)27-23-12)16-7-14(20-10-21-16)3-4-15-8-24(5-6-26-15)19(25)17-9-28-11-22-17/h7,9-11,15H,3-6,8H2,1-2H3/t15-/m1/s1. The molecule has 1 saturated heterocycles. The van der Waals surface area contributed by atoms with Gasteiger partial charge in [0.05, 0.1) is 35.2 Å². The highest BCUT2D eigenvalue weighted by Crippen LogP contribution is 2.25. The van der Waals surface area contributed by atoms with Crippen LogP contribution in [-0.4, -0.2) is 56.7 Å². The highest BCUT2D eigenvalue weighted by molar-refractivity contribution is 7.07. The van der Waals surface area contributed by atoms with Crippen LogP contribution in [0.15, 0.2) is 27.8 Å². The van der Waals surface area contributed by atoms with Crippen molar-refractivity contribution in [2.45, 2.75) is 32.8 Å². The van der Waals surface area contributed by atoms with Crippen LogP contribution in [0.25, 0.3) is 11.3 Å². The Morgan fingerprint density at radius 3 is 2.96 bits per heavy atom. The van der Waals surface area contributed by atoms with Gasteiger partial charge in [0.15, 0.2) is 0 Å². The van der Waals surface area contributed by atoms with E-state index in [0.29, 0.717) is 25.4 Å². The summed E-state index contributed by atoms with van der Waals surface area (Å²) in [6, 6.07) is 1.97. The van der Waals surface area contributed by atoms with Gasteiger partial charge in [0.1, 0.15) is 17.8 Å². The molecule has 0 saturated carbocycles. The molecule has 28 heavy (non-hydrogen) atoms. The molecule has 0 unspecified atom stereocenters. The summed E-state index contributed by atoms with van der Waals surface area (Å²) < 4.78 is 11.1. The first kappa shape index (κ1) is 18.7. The van der Waals surface area contributed by atoms with E-state index in [0.717, 1.165) is 41.2 Å². The maximum Gasteiger partial charge on any atom is 0.273 e. The van der Waals surface area contributed by atoms with Crippen LogP contribution in [0.2, 0.25) is 0 Å². The molecule has 0 N–H and O–H groups in total. The SMILES string of the molecule is Cc1noc(C)c1-c1cc(CC[C@@H]2CN(C(=O)c3cscn3)CCO2)ncn1. The normalized spacial score (nSPS) is 17.1. The Morgan fingerprint density at radius 1 is 1.32 bits per heavy atom. The molecule has 1 atom stereocenters. The molecule has 0 spiro atoms. The number of hydrogen-bond acceptors (Lipinski definition) is 8. The summed E-state index contributed by atoms with van der Waals surface area (Å²) in [5.41, 5.74) is 5.65. The second kappa shape index (κ2) is 8.15. The molecule has 1 amide bonds. The zero-order chi connectivity index (χ0) is 19.5. The lowest BCUT2D eigenvalue weighted by atomic mass is 10.1. The van der Waals surface area contributed by atoms with Crippen LogP contribution in [0.1, 0.15) is 34.1 Å². The maximum absolute atomic E-state index is 12.5. The molecular weight excluding hydrogens is 378 g/mol. The fraction of sp³-hybridized carbons (Fsp3) is 0.421. The van der Waals surface area contributed by atoms with Gasteiger partial charge in [-0.2, -0.15) is 0 Å². The Kier molecular flexibility index (Phi) is 5.45. The fourth-order valence-electron chi connectivity index (χ4n) is 3.39. The number of hydrogen-bond donors (Lipinski definition) is 0. The van der Waals surface area contributed by atoms with E-state index in [-0.39, 0.29) is 12.0 Å². The highest BCUT2D eigenvalue weighted by atomic mass is 32.1. The average molecular weight is 399 g/mol. The van der Waals surface area contributed by atoms with E-state index in [1.54, 1.807) is 17.2 Å². The van der Waals surface area contributed by atoms with Crippen LogP contribution in [0, 0.1) is 13.8 Å². The van der Waals surface area contributed by atoms with Gasteiger partial charge in [0, 0.05) is 24.2 Å². The van der Waals surface area contributed by atoms with Crippen LogP contribution in [0.3, 0.4) is 0 Å². The first-order chi connectivity index (χ1) is 13.6. The summed E-state index contributed by atoms with van der Waals surface area (Å²) in [5.74, 6) is 0.714. The number of morpholine rings is 1. The molecule has 1 aliphatic rings. The Morgan fingerprint density at radius 2 is 2.21 bits per heavy atom. The Labute approximate surface area is 166 Å². The van der Waals surface area contributed by atoms with Gasteiger partial charge in [0.25, 0.3) is 5.91 Å². The summed E-state index contributed by atoms with van der Waals surface area (Å²) >= 11 is 1.43. The fourth-order valence-corrected chi connectivity index (χ4v) is 3.91. The van der Waals surface area contributed by atoms with Gasteiger partial charge in [0.2, 0.25) is 0 Å². The molecule has 146 valence electrons. The predicted octanol–water partition coefficient (Wildman–Crippen LogP) is 2.68. The molecule has 3 aromatic heterocycles. The second-order valence-corrected chi connectivity index (χ2v) is 7.47. The smallest absolute Gasteiger partial charge is 0.273 e. The maximum atomic E-state index is 12.5. The van der Waals surface area contributed by atoms with Crippen LogP contribution in [0.4, 0.5) is 0 Å². The minimum absolute atomic E-state index is 0.0196. The van der Waals surface area contributed by atoms with Crippen molar-refractivity contribution >= 4 is 17.2 Å². The summed E-state index contributed by atoms with van der Waals surface area (Å²) in [4.78, 5) is 27.2. The van der Waals surface area contributed by atoms with Crippen LogP contribution >= 0.6 is 11.3 Å². The van der Waals surface area contributed by atoms with E-state index in [2.05, 4.69) is 20.1 Å². The lowest BCUT2D eigenvalue weighted by molar-refractivity contribution is -0.0248. The van der Waals surface area contributed by atoms with Crippen molar-refractivity contribution in [2.24, 2.45) is 0 Å². The van der Waals surface area contributed by atoms with Gasteiger partial charge in [-0.15, -0.1) is 11.3 Å². The minimum atomic E-state index is -0.0303. The Hall–Kier alpha value is -2.65. The predicted molar refractivity (Wildman–Crippen MR) is 103 cm³/mol. The van der Waals surface area contributed by atoms with Gasteiger partial charge < -0.3 is 14.2 Å². The number of aromatic nitrogens is 4. The van der Waals surface area contributed by atoms with Crippen molar-refractivity contribution in [3.63, 3.8) is 0 Å². The first-order valence-electron chi connectivity index (χ1n) is 9.15. The topological polar surface area (TPSA) is 94.2 Å². The second-order valence-electron chi connectivity index (χ2n) is 6.75. The molecule has 0 aliphatic carbocycles. The van der Waals surface area contributed by atoms with Crippen LogP contribution < -0.4 is 0 Å². The van der Waals surface area contributed by atoms with Gasteiger partial charge in [-0.25, -0.2) is 15.0 Å². The minimum Gasteiger partial charge on any atom is -0.375 e. The molecule has 3 aromatic rings. The van der Waals surface area contributed by atoms with Crippen molar-refractivity contribution in [2.75, 3.05) is 19.7 Å². The molecule has 0 aromatic carbocycles. The monoisotopic (exact) mass is 399 g/mol. The molecule has 0 bridgehead atoms. The largest absolute Gasteiger partial charge is 0.375 e.